The normalized spacial score (nSPS) is 14.6. The lowest BCUT2D eigenvalue weighted by Crippen LogP contribution is -2.32. The average Bonchev–Trinajstić information content (AvgIpc) is 2.83. The van der Waals surface area contributed by atoms with Crippen LogP contribution >= 0.6 is 0 Å². The van der Waals surface area contributed by atoms with Gasteiger partial charge in [-0.15, -0.1) is 0 Å². The number of imidazole rings is 1. The molecule has 1 heterocycles. The van der Waals surface area contributed by atoms with Crippen molar-refractivity contribution in [3.8, 4) is 0 Å². The van der Waals surface area contributed by atoms with Gasteiger partial charge in [0.25, 0.3) is 0 Å². The molecule has 1 aromatic heterocycles. The monoisotopic (exact) mass is 307 g/mol. The molecule has 0 radical (unpaired) electrons. The third kappa shape index (κ3) is 4.69. The minimum Gasteiger partial charge on any atom is -0.389 e. The number of benzene rings is 1. The molecule has 0 aliphatic rings. The molecular weight excluding hydrogens is 282 g/mol. The standard InChI is InChI=1S/C16H25N3O3/c1-10(2)8-22-9-13(20)7-17-11(3)12-4-5-14-15(6-12)19-16(21)18-14/h4-6,10-11,13,17,20H,7-9H2,1-3H3,(H2,18,19,21). The highest BCUT2D eigenvalue weighted by molar-refractivity contribution is 5.75. The van der Waals surface area contributed by atoms with Crippen molar-refractivity contribution in [1.29, 1.82) is 0 Å². The molecule has 0 saturated heterocycles. The fourth-order valence-corrected chi connectivity index (χ4v) is 2.25. The van der Waals surface area contributed by atoms with Gasteiger partial charge in [0.1, 0.15) is 0 Å². The molecular formula is C16H25N3O3. The Labute approximate surface area is 129 Å². The van der Waals surface area contributed by atoms with Gasteiger partial charge in [-0.2, -0.15) is 0 Å². The molecule has 1 aromatic carbocycles. The summed E-state index contributed by atoms with van der Waals surface area (Å²) >= 11 is 0. The highest BCUT2D eigenvalue weighted by Crippen LogP contribution is 2.16. The molecule has 2 aromatic rings. The van der Waals surface area contributed by atoms with Gasteiger partial charge in [-0.3, -0.25) is 0 Å². The maximum absolute atomic E-state index is 11.3. The van der Waals surface area contributed by atoms with Crippen LogP contribution in [0.1, 0.15) is 32.4 Å². The summed E-state index contributed by atoms with van der Waals surface area (Å²) in [5.41, 5.74) is 2.43. The Hall–Kier alpha value is -1.63. The van der Waals surface area contributed by atoms with Crippen LogP contribution in [0.3, 0.4) is 0 Å². The Morgan fingerprint density at radius 3 is 2.64 bits per heavy atom. The highest BCUT2D eigenvalue weighted by Gasteiger charge is 2.10. The molecule has 0 fully saturated rings. The number of H-pyrrole nitrogens is 2. The summed E-state index contributed by atoms with van der Waals surface area (Å²) in [7, 11) is 0. The van der Waals surface area contributed by atoms with Gasteiger partial charge in [-0.25, -0.2) is 4.79 Å². The quantitative estimate of drug-likeness (QED) is 0.595. The molecule has 2 rings (SSSR count). The van der Waals surface area contributed by atoms with Crippen LogP contribution in [0.2, 0.25) is 0 Å². The number of hydrogen-bond acceptors (Lipinski definition) is 4. The molecule has 0 bridgehead atoms. The zero-order valence-electron chi connectivity index (χ0n) is 13.3. The molecule has 0 aliphatic carbocycles. The first-order chi connectivity index (χ1) is 10.5. The molecule has 6 nitrogen and oxygen atoms in total. The summed E-state index contributed by atoms with van der Waals surface area (Å²) in [5.74, 6) is 0.467. The molecule has 2 unspecified atom stereocenters. The van der Waals surface area contributed by atoms with E-state index in [1.807, 2.05) is 25.1 Å². The number of aliphatic hydroxyl groups is 1. The number of hydrogen-bond donors (Lipinski definition) is 4. The van der Waals surface area contributed by atoms with Crippen molar-refractivity contribution in [3.63, 3.8) is 0 Å². The van der Waals surface area contributed by atoms with Crippen molar-refractivity contribution in [2.75, 3.05) is 19.8 Å². The van der Waals surface area contributed by atoms with E-state index in [4.69, 9.17) is 4.74 Å². The average molecular weight is 307 g/mol. The fraction of sp³-hybridized carbons (Fsp3) is 0.562. The van der Waals surface area contributed by atoms with Crippen LogP contribution in [0.5, 0.6) is 0 Å². The number of rotatable bonds is 8. The van der Waals surface area contributed by atoms with Crippen molar-refractivity contribution in [1.82, 2.24) is 15.3 Å². The number of nitrogens with one attached hydrogen (secondary N) is 3. The van der Waals surface area contributed by atoms with Crippen molar-refractivity contribution < 1.29 is 9.84 Å². The van der Waals surface area contributed by atoms with Gasteiger partial charge in [0, 0.05) is 19.2 Å². The lowest BCUT2D eigenvalue weighted by Gasteiger charge is -2.18. The van der Waals surface area contributed by atoms with Crippen LogP contribution in [-0.2, 0) is 4.74 Å². The van der Waals surface area contributed by atoms with E-state index in [2.05, 4.69) is 29.1 Å². The first-order valence-electron chi connectivity index (χ1n) is 7.67. The summed E-state index contributed by atoms with van der Waals surface area (Å²) < 4.78 is 5.42. The topological polar surface area (TPSA) is 90.1 Å². The molecule has 2 atom stereocenters. The SMILES string of the molecule is CC(C)COCC(O)CNC(C)c1ccc2[nH]c(=O)[nH]c2c1. The third-order valence-corrected chi connectivity index (χ3v) is 3.46. The smallest absolute Gasteiger partial charge is 0.323 e. The van der Waals surface area contributed by atoms with Crippen LogP contribution in [0, 0.1) is 5.92 Å². The summed E-state index contributed by atoms with van der Waals surface area (Å²) in [4.78, 5) is 16.7. The van der Waals surface area contributed by atoms with E-state index in [-0.39, 0.29) is 11.7 Å². The van der Waals surface area contributed by atoms with Gasteiger partial charge in [0.15, 0.2) is 0 Å². The summed E-state index contributed by atoms with van der Waals surface area (Å²) in [5, 5.41) is 13.2. The number of fused-ring (bicyclic) bond motifs is 1. The maximum Gasteiger partial charge on any atom is 0.323 e. The minimum absolute atomic E-state index is 0.0718. The second kappa shape index (κ2) is 7.58. The largest absolute Gasteiger partial charge is 0.389 e. The Morgan fingerprint density at radius 1 is 1.18 bits per heavy atom. The summed E-state index contributed by atoms with van der Waals surface area (Å²) in [6.07, 6.45) is -0.531. The zero-order valence-corrected chi connectivity index (χ0v) is 13.3. The van der Waals surface area contributed by atoms with Gasteiger partial charge < -0.3 is 25.1 Å². The predicted molar refractivity (Wildman–Crippen MR) is 87.0 cm³/mol. The molecule has 0 saturated carbocycles. The molecule has 122 valence electrons. The number of aliphatic hydroxyl groups excluding tert-OH is 1. The van der Waals surface area contributed by atoms with E-state index in [9.17, 15) is 9.90 Å². The van der Waals surface area contributed by atoms with E-state index in [1.165, 1.54) is 0 Å². The van der Waals surface area contributed by atoms with Gasteiger partial charge in [0.05, 0.1) is 23.7 Å². The van der Waals surface area contributed by atoms with Crippen molar-refractivity contribution in [3.05, 3.63) is 34.2 Å². The first-order valence-corrected chi connectivity index (χ1v) is 7.67. The number of aromatic nitrogens is 2. The van der Waals surface area contributed by atoms with Gasteiger partial charge in [0.2, 0.25) is 0 Å². The zero-order chi connectivity index (χ0) is 16.1. The summed E-state index contributed by atoms with van der Waals surface area (Å²) in [6.45, 7) is 7.63. The Morgan fingerprint density at radius 2 is 1.91 bits per heavy atom. The maximum atomic E-state index is 11.3. The Bertz CT molecular complexity index is 647. The molecule has 22 heavy (non-hydrogen) atoms. The van der Waals surface area contributed by atoms with Crippen LogP contribution in [-0.4, -0.2) is 40.9 Å². The number of ether oxygens (including phenoxy) is 1. The second-order valence-electron chi connectivity index (χ2n) is 6.10. The van der Waals surface area contributed by atoms with E-state index < -0.39 is 6.10 Å². The predicted octanol–water partition coefficient (Wildman–Crippen LogP) is 1.54. The first kappa shape index (κ1) is 16.7. The highest BCUT2D eigenvalue weighted by atomic mass is 16.5. The van der Waals surface area contributed by atoms with Gasteiger partial charge in [-0.05, 0) is 30.5 Å². The molecule has 0 aliphatic heterocycles. The van der Waals surface area contributed by atoms with Crippen LogP contribution in [0.15, 0.2) is 23.0 Å². The molecule has 4 N–H and O–H groups in total. The fourth-order valence-electron chi connectivity index (χ4n) is 2.25. The van der Waals surface area contributed by atoms with E-state index >= 15 is 0 Å². The molecule has 0 amide bonds. The van der Waals surface area contributed by atoms with E-state index in [1.54, 1.807) is 0 Å². The van der Waals surface area contributed by atoms with Crippen molar-refractivity contribution in [2.45, 2.75) is 32.9 Å². The van der Waals surface area contributed by atoms with Crippen LogP contribution in [0.4, 0.5) is 0 Å². The molecule has 0 spiro atoms. The second-order valence-corrected chi connectivity index (χ2v) is 6.10. The van der Waals surface area contributed by atoms with Crippen LogP contribution in [0.25, 0.3) is 11.0 Å². The number of aromatic amines is 2. The molecule has 6 heteroatoms. The lowest BCUT2D eigenvalue weighted by molar-refractivity contribution is 0.0252. The third-order valence-electron chi connectivity index (χ3n) is 3.46. The van der Waals surface area contributed by atoms with Gasteiger partial charge >= 0.3 is 5.69 Å². The van der Waals surface area contributed by atoms with Crippen molar-refractivity contribution in [2.24, 2.45) is 5.92 Å². The Balaban J connectivity index is 1.85. The van der Waals surface area contributed by atoms with E-state index in [0.29, 0.717) is 25.7 Å². The van der Waals surface area contributed by atoms with E-state index in [0.717, 1.165) is 16.6 Å². The summed E-state index contributed by atoms with van der Waals surface area (Å²) in [6, 6.07) is 5.85. The van der Waals surface area contributed by atoms with Crippen LogP contribution < -0.4 is 11.0 Å². The minimum atomic E-state index is -0.531. The van der Waals surface area contributed by atoms with Crippen molar-refractivity contribution >= 4 is 11.0 Å². The lowest BCUT2D eigenvalue weighted by atomic mass is 10.1. The van der Waals surface area contributed by atoms with Gasteiger partial charge in [-0.1, -0.05) is 19.9 Å². The Kier molecular flexibility index (Phi) is 5.76.